The summed E-state index contributed by atoms with van der Waals surface area (Å²) in [4.78, 5) is 6.16. The Kier molecular flexibility index (Phi) is 5.16. The second kappa shape index (κ2) is 7.52. The van der Waals surface area contributed by atoms with Gasteiger partial charge in [-0.05, 0) is 36.4 Å². The molecular formula is C18H16F3N3O2. The molecule has 0 spiro atoms. The number of nitrogens with zero attached hydrogens (tertiary/aromatic N) is 3. The molecule has 0 radical (unpaired) electrons. The van der Waals surface area contributed by atoms with Gasteiger partial charge in [-0.15, -0.1) is 13.2 Å². The molecule has 5 nitrogen and oxygen atoms in total. The lowest BCUT2D eigenvalue weighted by Crippen LogP contribution is -2.38. The molecule has 0 atom stereocenters. The molecule has 2 aromatic rings. The predicted octanol–water partition coefficient (Wildman–Crippen LogP) is 3.90. The summed E-state index contributed by atoms with van der Waals surface area (Å²) < 4.78 is 46.2. The number of pyridine rings is 1. The van der Waals surface area contributed by atoms with Crippen LogP contribution in [0.1, 0.15) is 18.5 Å². The molecule has 2 heterocycles. The lowest BCUT2D eigenvalue weighted by molar-refractivity contribution is -0.274. The van der Waals surface area contributed by atoms with E-state index in [1.165, 1.54) is 24.3 Å². The largest absolute Gasteiger partial charge is 0.573 e. The minimum absolute atomic E-state index is 0.0390. The molecule has 1 saturated heterocycles. The van der Waals surface area contributed by atoms with Crippen molar-refractivity contribution < 1.29 is 22.6 Å². The first kappa shape index (κ1) is 17.9. The van der Waals surface area contributed by atoms with Gasteiger partial charge in [0, 0.05) is 32.1 Å². The van der Waals surface area contributed by atoms with Crippen LogP contribution in [0.15, 0.2) is 42.6 Å². The molecule has 0 bridgehead atoms. The van der Waals surface area contributed by atoms with E-state index in [1.807, 2.05) is 6.07 Å². The number of rotatable bonds is 4. The van der Waals surface area contributed by atoms with Crippen LogP contribution in [-0.4, -0.2) is 30.5 Å². The van der Waals surface area contributed by atoms with Crippen molar-refractivity contribution in [3.8, 4) is 17.6 Å². The number of nitriles is 1. The number of anilines is 1. The number of hydrogen-bond acceptors (Lipinski definition) is 5. The Morgan fingerprint density at radius 2 is 1.73 bits per heavy atom. The third kappa shape index (κ3) is 4.57. The number of aromatic nitrogens is 1. The van der Waals surface area contributed by atoms with E-state index >= 15 is 0 Å². The van der Waals surface area contributed by atoms with E-state index in [4.69, 9.17) is 10.00 Å². The zero-order chi connectivity index (χ0) is 18.6. The van der Waals surface area contributed by atoms with Gasteiger partial charge in [0.25, 0.3) is 0 Å². The van der Waals surface area contributed by atoms with Gasteiger partial charge in [-0.3, -0.25) is 0 Å². The summed E-state index contributed by atoms with van der Waals surface area (Å²) in [5.74, 6) is 0.220. The van der Waals surface area contributed by atoms with Crippen molar-refractivity contribution in [1.29, 1.82) is 5.26 Å². The van der Waals surface area contributed by atoms with Crippen LogP contribution < -0.4 is 14.4 Å². The summed E-state index contributed by atoms with van der Waals surface area (Å²) in [6.07, 6.45) is -1.68. The average Bonchev–Trinajstić information content (AvgIpc) is 2.63. The van der Waals surface area contributed by atoms with E-state index in [1.54, 1.807) is 12.3 Å². The van der Waals surface area contributed by atoms with E-state index < -0.39 is 6.36 Å². The second-order valence-electron chi connectivity index (χ2n) is 5.81. The Labute approximate surface area is 148 Å². The van der Waals surface area contributed by atoms with Crippen LogP contribution in [0.3, 0.4) is 0 Å². The van der Waals surface area contributed by atoms with Crippen molar-refractivity contribution in [3.05, 3.63) is 48.3 Å². The molecule has 0 unspecified atom stereocenters. The number of alkyl halides is 3. The molecule has 1 aromatic carbocycles. The highest BCUT2D eigenvalue weighted by molar-refractivity contribution is 5.55. The molecule has 1 fully saturated rings. The SMILES string of the molecule is N#Cc1ncccc1N1CCC(Oc2ccc(OC(F)(F)F)cc2)CC1. The molecule has 1 aliphatic heterocycles. The molecule has 0 aliphatic carbocycles. The number of ether oxygens (including phenoxy) is 2. The van der Waals surface area contributed by atoms with Crippen LogP contribution >= 0.6 is 0 Å². The van der Waals surface area contributed by atoms with Crippen LogP contribution in [0.5, 0.6) is 11.5 Å². The number of halogens is 3. The standard InChI is InChI=1S/C18H16F3N3O2/c19-18(20,21)26-15-5-3-13(4-6-15)25-14-7-10-24(11-8-14)17-2-1-9-23-16(17)12-22/h1-6,9,14H,7-8,10-11H2. The van der Waals surface area contributed by atoms with Crippen LogP contribution in [0.25, 0.3) is 0 Å². The summed E-state index contributed by atoms with van der Waals surface area (Å²) in [6, 6.07) is 11.1. The third-order valence-corrected chi connectivity index (χ3v) is 4.04. The van der Waals surface area contributed by atoms with E-state index in [-0.39, 0.29) is 11.9 Å². The number of benzene rings is 1. The summed E-state index contributed by atoms with van der Waals surface area (Å²) in [5.41, 5.74) is 1.20. The monoisotopic (exact) mass is 363 g/mol. The molecule has 26 heavy (non-hydrogen) atoms. The summed E-state index contributed by atoms with van der Waals surface area (Å²) in [6.45, 7) is 1.42. The Morgan fingerprint density at radius 1 is 1.08 bits per heavy atom. The zero-order valence-electron chi connectivity index (χ0n) is 13.7. The molecule has 3 rings (SSSR count). The predicted molar refractivity (Wildman–Crippen MR) is 87.9 cm³/mol. The normalized spacial score (nSPS) is 15.4. The molecular weight excluding hydrogens is 347 g/mol. The van der Waals surface area contributed by atoms with E-state index in [2.05, 4.69) is 20.7 Å². The van der Waals surface area contributed by atoms with Crippen molar-refractivity contribution in [2.24, 2.45) is 0 Å². The van der Waals surface area contributed by atoms with Crippen molar-refractivity contribution in [3.63, 3.8) is 0 Å². The maximum Gasteiger partial charge on any atom is 0.573 e. The molecule has 1 aliphatic rings. The lowest BCUT2D eigenvalue weighted by Gasteiger charge is -2.33. The van der Waals surface area contributed by atoms with Gasteiger partial charge in [0.1, 0.15) is 23.7 Å². The third-order valence-electron chi connectivity index (χ3n) is 4.04. The first-order valence-corrected chi connectivity index (χ1v) is 8.07. The molecule has 0 amide bonds. The number of piperidine rings is 1. The quantitative estimate of drug-likeness (QED) is 0.825. The van der Waals surface area contributed by atoms with E-state index in [0.29, 0.717) is 24.5 Å². The van der Waals surface area contributed by atoms with Gasteiger partial charge < -0.3 is 14.4 Å². The Hall–Kier alpha value is -2.95. The second-order valence-corrected chi connectivity index (χ2v) is 5.81. The van der Waals surface area contributed by atoms with Crippen LogP contribution in [-0.2, 0) is 0 Å². The van der Waals surface area contributed by atoms with Gasteiger partial charge in [0.2, 0.25) is 0 Å². The van der Waals surface area contributed by atoms with Crippen molar-refractivity contribution >= 4 is 5.69 Å². The topological polar surface area (TPSA) is 58.4 Å². The van der Waals surface area contributed by atoms with Gasteiger partial charge >= 0.3 is 6.36 Å². The molecule has 0 N–H and O–H groups in total. The van der Waals surface area contributed by atoms with Gasteiger partial charge in [-0.25, -0.2) is 4.98 Å². The lowest BCUT2D eigenvalue weighted by atomic mass is 10.1. The van der Waals surface area contributed by atoms with Crippen molar-refractivity contribution in [2.75, 3.05) is 18.0 Å². The first-order valence-electron chi connectivity index (χ1n) is 8.07. The minimum Gasteiger partial charge on any atom is -0.490 e. The summed E-state index contributed by atoms with van der Waals surface area (Å²) >= 11 is 0. The molecule has 136 valence electrons. The fourth-order valence-electron chi connectivity index (χ4n) is 2.87. The van der Waals surface area contributed by atoms with Crippen LogP contribution in [0.4, 0.5) is 18.9 Å². The van der Waals surface area contributed by atoms with Crippen LogP contribution in [0, 0.1) is 11.3 Å². The Morgan fingerprint density at radius 3 is 2.35 bits per heavy atom. The minimum atomic E-state index is -4.70. The smallest absolute Gasteiger partial charge is 0.490 e. The van der Waals surface area contributed by atoms with E-state index in [9.17, 15) is 13.2 Å². The van der Waals surface area contributed by atoms with Gasteiger partial charge in [-0.1, -0.05) is 0 Å². The maximum atomic E-state index is 12.2. The number of hydrogen-bond donors (Lipinski definition) is 0. The van der Waals surface area contributed by atoms with Crippen molar-refractivity contribution in [1.82, 2.24) is 4.98 Å². The van der Waals surface area contributed by atoms with Gasteiger partial charge in [-0.2, -0.15) is 5.26 Å². The van der Waals surface area contributed by atoms with E-state index in [0.717, 1.165) is 18.5 Å². The fraction of sp³-hybridized carbons (Fsp3) is 0.333. The highest BCUT2D eigenvalue weighted by Crippen LogP contribution is 2.27. The highest BCUT2D eigenvalue weighted by atomic mass is 19.4. The first-order chi connectivity index (χ1) is 12.4. The van der Waals surface area contributed by atoms with Crippen molar-refractivity contribution in [2.45, 2.75) is 25.3 Å². The van der Waals surface area contributed by atoms with Gasteiger partial charge in [0.05, 0.1) is 5.69 Å². The summed E-state index contributed by atoms with van der Waals surface area (Å²) in [7, 11) is 0. The fourth-order valence-corrected chi connectivity index (χ4v) is 2.87. The molecule has 0 saturated carbocycles. The maximum absolute atomic E-state index is 12.2. The molecule has 1 aromatic heterocycles. The highest BCUT2D eigenvalue weighted by Gasteiger charge is 2.31. The molecule has 8 heteroatoms. The average molecular weight is 363 g/mol. The Balaban J connectivity index is 1.55. The van der Waals surface area contributed by atoms with Gasteiger partial charge in [0.15, 0.2) is 5.69 Å². The summed E-state index contributed by atoms with van der Waals surface area (Å²) in [5, 5.41) is 9.14. The Bertz CT molecular complexity index is 780. The van der Waals surface area contributed by atoms with Crippen LogP contribution in [0.2, 0.25) is 0 Å². The zero-order valence-corrected chi connectivity index (χ0v) is 13.7.